The second kappa shape index (κ2) is 14.9. The van der Waals surface area contributed by atoms with E-state index in [0.717, 1.165) is 22.6 Å². The Kier molecular flexibility index (Phi) is 10.1. The third-order valence-electron chi connectivity index (χ3n) is 8.89. The molecule has 1 aliphatic rings. The van der Waals surface area contributed by atoms with Crippen molar-refractivity contribution in [3.05, 3.63) is 132 Å². The van der Waals surface area contributed by atoms with Crippen LogP contribution in [0.4, 0.5) is 11.4 Å². The smallest absolute Gasteiger partial charge is 0.324 e. The molecule has 0 saturated carbocycles. The highest BCUT2D eigenvalue weighted by molar-refractivity contribution is 5.99. The highest BCUT2D eigenvalue weighted by Crippen LogP contribution is 2.45. The monoisotopic (exact) mass is 669 g/mol. The van der Waals surface area contributed by atoms with Crippen LogP contribution in [0.2, 0.25) is 0 Å². The largest absolute Gasteiger partial charge is 0.497 e. The number of hydrogen-bond donors (Lipinski definition) is 0. The molecule has 50 heavy (non-hydrogen) atoms. The number of benzene rings is 4. The van der Waals surface area contributed by atoms with Crippen LogP contribution in [0.1, 0.15) is 39.9 Å². The molecule has 1 aromatic heterocycles. The van der Waals surface area contributed by atoms with Crippen molar-refractivity contribution in [3.63, 3.8) is 0 Å². The van der Waals surface area contributed by atoms with Crippen LogP contribution in [-0.4, -0.2) is 49.6 Å². The molecule has 5 aromatic rings. The van der Waals surface area contributed by atoms with Crippen molar-refractivity contribution in [2.75, 3.05) is 27.9 Å². The predicted octanol–water partition coefficient (Wildman–Crippen LogP) is 7.57. The number of aromatic nitrogens is 1. The maximum absolute atomic E-state index is 14.4. The van der Waals surface area contributed by atoms with Crippen molar-refractivity contribution in [2.24, 2.45) is 0 Å². The van der Waals surface area contributed by atoms with Crippen LogP contribution in [0.25, 0.3) is 0 Å². The molecule has 2 amide bonds. The van der Waals surface area contributed by atoms with Crippen LogP contribution in [0.15, 0.2) is 109 Å². The number of ether oxygens (including phenoxy) is 4. The molecule has 10 heteroatoms. The predicted molar refractivity (Wildman–Crippen MR) is 189 cm³/mol. The van der Waals surface area contributed by atoms with Gasteiger partial charge in [0.15, 0.2) is 17.2 Å². The van der Waals surface area contributed by atoms with Crippen molar-refractivity contribution in [2.45, 2.75) is 25.9 Å². The van der Waals surface area contributed by atoms with Gasteiger partial charge in [-0.2, -0.15) is 9.74 Å². The summed E-state index contributed by atoms with van der Waals surface area (Å²) < 4.78 is 22.3. The van der Waals surface area contributed by atoms with Gasteiger partial charge in [-0.1, -0.05) is 36.4 Å². The van der Waals surface area contributed by atoms with Gasteiger partial charge in [-0.05, 0) is 53.6 Å². The summed E-state index contributed by atoms with van der Waals surface area (Å²) in [6.45, 7) is 1.14. The van der Waals surface area contributed by atoms with E-state index >= 15 is 0 Å². The first-order valence-electron chi connectivity index (χ1n) is 16.2. The Morgan fingerprint density at radius 2 is 1.44 bits per heavy atom. The zero-order chi connectivity index (χ0) is 35.1. The standard InChI is InChI=1S/C40H37N4O6/c1-47-34-15-10-28(11-16-34)26-43(27-29-12-17-35(48-2)18-13-29)40(46)31-21-33(25-42-24-31)44(20-6-9-39(44)45)32-14-19-37(49-3)38(22-32)50-36-8-5-4-7-30(36)23-41/h4-5,7-8,10-19,21-22,24-25H,6,9,20,26-27H2,1-3H3/q+1. The Bertz CT molecular complexity index is 1990. The number of amides is 2. The first-order valence-corrected chi connectivity index (χ1v) is 16.2. The second-order valence-electron chi connectivity index (χ2n) is 11.9. The van der Waals surface area contributed by atoms with Crippen LogP contribution in [0.3, 0.4) is 0 Å². The third kappa shape index (κ3) is 6.86. The lowest BCUT2D eigenvalue weighted by Crippen LogP contribution is -2.45. The van der Waals surface area contributed by atoms with Crippen molar-refractivity contribution in [1.82, 2.24) is 14.4 Å². The average Bonchev–Trinajstić information content (AvgIpc) is 3.56. The van der Waals surface area contributed by atoms with Crippen LogP contribution in [0, 0.1) is 11.3 Å². The number of hydrogen-bond acceptors (Lipinski definition) is 8. The molecule has 0 radical (unpaired) electrons. The van der Waals surface area contributed by atoms with Gasteiger partial charge in [0.2, 0.25) is 0 Å². The Morgan fingerprint density at radius 3 is 2.02 bits per heavy atom. The minimum atomic E-state index is -0.234. The molecule has 2 heterocycles. The summed E-state index contributed by atoms with van der Waals surface area (Å²) in [6, 6.07) is 31.4. The molecular weight excluding hydrogens is 632 g/mol. The molecule has 0 bridgehead atoms. The molecule has 1 unspecified atom stereocenters. The van der Waals surface area contributed by atoms with Crippen molar-refractivity contribution in [1.29, 1.82) is 5.26 Å². The molecule has 10 nitrogen and oxygen atoms in total. The van der Waals surface area contributed by atoms with E-state index in [1.807, 2.05) is 54.6 Å². The van der Waals surface area contributed by atoms with Gasteiger partial charge in [0, 0.05) is 43.9 Å². The fourth-order valence-corrected chi connectivity index (χ4v) is 6.27. The number of para-hydroxylation sites is 1. The van der Waals surface area contributed by atoms with Crippen molar-refractivity contribution >= 4 is 23.2 Å². The van der Waals surface area contributed by atoms with E-state index < -0.39 is 0 Å². The Hall–Kier alpha value is -6.18. The Labute approximate surface area is 291 Å². The maximum atomic E-state index is 14.4. The summed E-state index contributed by atoms with van der Waals surface area (Å²) in [6.07, 6.45) is 4.20. The van der Waals surface area contributed by atoms with E-state index in [2.05, 4.69) is 11.1 Å². The van der Waals surface area contributed by atoms with Crippen molar-refractivity contribution < 1.29 is 28.5 Å². The molecule has 1 saturated heterocycles. The Morgan fingerprint density at radius 1 is 0.780 bits per heavy atom. The lowest BCUT2D eigenvalue weighted by Gasteiger charge is -2.31. The molecule has 252 valence electrons. The zero-order valence-corrected chi connectivity index (χ0v) is 28.2. The maximum Gasteiger partial charge on any atom is 0.324 e. The van der Waals surface area contributed by atoms with E-state index in [0.29, 0.717) is 72.2 Å². The molecule has 0 aliphatic carbocycles. The average molecular weight is 670 g/mol. The lowest BCUT2D eigenvalue weighted by atomic mass is 10.1. The van der Waals surface area contributed by atoms with Crippen LogP contribution in [0.5, 0.6) is 28.7 Å². The number of carbonyl (C=O) groups is 2. The fraction of sp³-hybridized carbons (Fsp3) is 0.200. The topological polar surface area (TPSA) is 111 Å². The first kappa shape index (κ1) is 33.7. The number of nitriles is 1. The second-order valence-corrected chi connectivity index (χ2v) is 11.9. The summed E-state index contributed by atoms with van der Waals surface area (Å²) in [7, 11) is 4.76. The molecular formula is C40H37N4O6+. The minimum absolute atomic E-state index is 0.0294. The summed E-state index contributed by atoms with van der Waals surface area (Å²) in [4.78, 5) is 34.6. The van der Waals surface area contributed by atoms with Crippen molar-refractivity contribution in [3.8, 4) is 34.8 Å². The SMILES string of the molecule is COc1ccc(CN(Cc2ccc(OC)cc2)C(=O)c2cncc([N+]3(c4ccc(OC)c(Oc5ccccc5C#N)c4)CCCC3=O)c2)cc1. The number of pyridine rings is 1. The molecule has 1 aliphatic heterocycles. The summed E-state index contributed by atoms with van der Waals surface area (Å²) >= 11 is 0. The minimum Gasteiger partial charge on any atom is -0.497 e. The fourth-order valence-electron chi connectivity index (χ4n) is 6.27. The van der Waals surface area contributed by atoms with E-state index in [9.17, 15) is 14.9 Å². The number of rotatable bonds is 12. The molecule has 0 N–H and O–H groups in total. The van der Waals surface area contributed by atoms with E-state index in [4.69, 9.17) is 18.9 Å². The number of methoxy groups -OCH3 is 3. The summed E-state index contributed by atoms with van der Waals surface area (Å²) in [5, 5.41) is 9.64. The molecule has 4 aromatic carbocycles. The summed E-state index contributed by atoms with van der Waals surface area (Å²) in [5.41, 5.74) is 3.79. The molecule has 0 spiro atoms. The lowest BCUT2D eigenvalue weighted by molar-refractivity contribution is -0.124. The first-order chi connectivity index (χ1) is 24.4. The highest BCUT2D eigenvalue weighted by Gasteiger charge is 2.47. The normalized spacial score (nSPS) is 15.2. The molecule has 1 fully saturated rings. The van der Waals surface area contributed by atoms with E-state index in [-0.39, 0.29) is 16.3 Å². The van der Waals surface area contributed by atoms with Gasteiger partial charge in [0.25, 0.3) is 5.91 Å². The van der Waals surface area contributed by atoms with Gasteiger partial charge in [-0.15, -0.1) is 0 Å². The van der Waals surface area contributed by atoms with Gasteiger partial charge in [-0.25, -0.2) is 4.79 Å². The highest BCUT2D eigenvalue weighted by atomic mass is 16.5. The van der Waals surface area contributed by atoms with E-state index in [1.54, 1.807) is 74.0 Å². The number of nitrogens with zero attached hydrogens (tertiary/aromatic N) is 4. The zero-order valence-electron chi connectivity index (χ0n) is 28.2. The molecule has 6 rings (SSSR count). The van der Waals surface area contributed by atoms with Gasteiger partial charge >= 0.3 is 5.91 Å². The van der Waals surface area contributed by atoms with Gasteiger partial charge < -0.3 is 23.8 Å². The quantitative estimate of drug-likeness (QED) is 0.125. The molecule has 1 atom stereocenters. The van der Waals surface area contributed by atoms with Gasteiger partial charge in [0.05, 0.1) is 51.6 Å². The summed E-state index contributed by atoms with van der Waals surface area (Å²) in [5.74, 6) is 2.36. The van der Waals surface area contributed by atoms with Gasteiger partial charge in [0.1, 0.15) is 29.0 Å². The van der Waals surface area contributed by atoms with Gasteiger partial charge in [-0.3, -0.25) is 9.78 Å². The van der Waals surface area contributed by atoms with Crippen LogP contribution in [-0.2, 0) is 17.9 Å². The number of quaternary nitrogens is 1. The van der Waals surface area contributed by atoms with Crippen LogP contribution < -0.4 is 23.4 Å². The van der Waals surface area contributed by atoms with Crippen LogP contribution >= 0.6 is 0 Å². The van der Waals surface area contributed by atoms with E-state index in [1.165, 1.54) is 7.11 Å². The number of carbonyl (C=O) groups excluding carboxylic acids is 2. The Balaban J connectivity index is 1.38. The third-order valence-corrected chi connectivity index (χ3v) is 8.89.